The Morgan fingerprint density at radius 2 is 2.47 bits per heavy atom. The molecular formula is C12H18N4O3. The molecule has 0 aromatic carbocycles. The molecule has 1 aliphatic rings. The number of pyridine rings is 1. The van der Waals surface area contributed by atoms with Gasteiger partial charge in [0.25, 0.3) is 0 Å². The summed E-state index contributed by atoms with van der Waals surface area (Å²) in [4.78, 5) is 4.00. The van der Waals surface area contributed by atoms with Crippen molar-refractivity contribution >= 4 is 5.84 Å². The van der Waals surface area contributed by atoms with E-state index < -0.39 is 5.60 Å². The maximum Gasteiger partial charge on any atom is 0.188 e. The minimum atomic E-state index is -0.776. The number of aromatic nitrogens is 1. The van der Waals surface area contributed by atoms with Crippen LogP contribution in [0.25, 0.3) is 0 Å². The van der Waals surface area contributed by atoms with Crippen LogP contribution in [0.5, 0.6) is 0 Å². The van der Waals surface area contributed by atoms with Crippen molar-refractivity contribution in [3.63, 3.8) is 0 Å². The number of amidine groups is 1. The van der Waals surface area contributed by atoms with Crippen molar-refractivity contribution in [2.75, 3.05) is 19.8 Å². The van der Waals surface area contributed by atoms with Gasteiger partial charge in [0.2, 0.25) is 0 Å². The summed E-state index contributed by atoms with van der Waals surface area (Å²) in [5.74, 6) is -0.0235. The van der Waals surface area contributed by atoms with E-state index in [0.29, 0.717) is 38.4 Å². The van der Waals surface area contributed by atoms with E-state index in [1.807, 2.05) is 6.07 Å². The SMILES string of the molecule is N/C(=N/O)c1cc(CNCC2(O)CCOC2)ccn1. The predicted octanol–water partition coefficient (Wildman–Crippen LogP) is -0.583. The molecule has 1 atom stereocenters. The van der Waals surface area contributed by atoms with Gasteiger partial charge in [-0.1, -0.05) is 5.16 Å². The second kappa shape index (κ2) is 5.96. The van der Waals surface area contributed by atoms with Crippen molar-refractivity contribution in [1.29, 1.82) is 0 Å². The lowest BCUT2D eigenvalue weighted by atomic mass is 10.0. The highest BCUT2D eigenvalue weighted by atomic mass is 16.5. The van der Waals surface area contributed by atoms with Gasteiger partial charge >= 0.3 is 0 Å². The quantitative estimate of drug-likeness (QED) is 0.245. The minimum absolute atomic E-state index is 0.0235. The van der Waals surface area contributed by atoms with Crippen molar-refractivity contribution in [2.24, 2.45) is 10.9 Å². The monoisotopic (exact) mass is 266 g/mol. The van der Waals surface area contributed by atoms with Gasteiger partial charge in [-0.25, -0.2) is 0 Å². The summed E-state index contributed by atoms with van der Waals surface area (Å²) in [5, 5.41) is 24.7. The van der Waals surface area contributed by atoms with Gasteiger partial charge in [-0.05, 0) is 17.7 Å². The van der Waals surface area contributed by atoms with E-state index in [4.69, 9.17) is 15.7 Å². The molecule has 7 nitrogen and oxygen atoms in total. The van der Waals surface area contributed by atoms with E-state index in [2.05, 4.69) is 15.5 Å². The van der Waals surface area contributed by atoms with E-state index in [1.165, 1.54) is 0 Å². The van der Waals surface area contributed by atoms with Crippen molar-refractivity contribution in [3.8, 4) is 0 Å². The molecule has 7 heteroatoms. The molecular weight excluding hydrogens is 248 g/mol. The molecule has 1 aromatic heterocycles. The van der Waals surface area contributed by atoms with Gasteiger partial charge < -0.3 is 26.1 Å². The van der Waals surface area contributed by atoms with E-state index in [-0.39, 0.29) is 5.84 Å². The zero-order valence-electron chi connectivity index (χ0n) is 10.5. The Hall–Kier alpha value is -1.70. The number of nitrogens with one attached hydrogen (secondary N) is 1. The highest BCUT2D eigenvalue weighted by Gasteiger charge is 2.31. The third-order valence-corrected chi connectivity index (χ3v) is 3.06. The molecule has 1 unspecified atom stereocenters. The molecule has 2 heterocycles. The lowest BCUT2D eigenvalue weighted by Crippen LogP contribution is -2.40. The summed E-state index contributed by atoms with van der Waals surface area (Å²) >= 11 is 0. The first-order valence-corrected chi connectivity index (χ1v) is 6.07. The zero-order chi connectivity index (χ0) is 13.7. The second-order valence-electron chi connectivity index (χ2n) is 4.67. The highest BCUT2D eigenvalue weighted by Crippen LogP contribution is 2.17. The summed E-state index contributed by atoms with van der Waals surface area (Å²) in [7, 11) is 0. The van der Waals surface area contributed by atoms with Gasteiger partial charge in [-0.3, -0.25) is 4.98 Å². The van der Waals surface area contributed by atoms with Crippen LogP contribution in [0.4, 0.5) is 0 Å². The fraction of sp³-hybridized carbons (Fsp3) is 0.500. The lowest BCUT2D eigenvalue weighted by Gasteiger charge is -2.20. The summed E-state index contributed by atoms with van der Waals surface area (Å²) < 4.78 is 5.17. The number of rotatable bonds is 5. The van der Waals surface area contributed by atoms with Gasteiger partial charge in [0.1, 0.15) is 11.3 Å². The van der Waals surface area contributed by atoms with Crippen molar-refractivity contribution < 1.29 is 15.1 Å². The first kappa shape index (κ1) is 13.7. The van der Waals surface area contributed by atoms with Crippen LogP contribution in [0.2, 0.25) is 0 Å². The molecule has 19 heavy (non-hydrogen) atoms. The largest absolute Gasteiger partial charge is 0.409 e. The topological polar surface area (TPSA) is 113 Å². The first-order chi connectivity index (χ1) is 9.13. The molecule has 0 amide bonds. The minimum Gasteiger partial charge on any atom is -0.409 e. The molecule has 2 rings (SSSR count). The zero-order valence-corrected chi connectivity index (χ0v) is 10.5. The van der Waals surface area contributed by atoms with E-state index in [1.54, 1.807) is 12.3 Å². The molecule has 5 N–H and O–H groups in total. The molecule has 1 aromatic rings. The Morgan fingerprint density at radius 1 is 1.63 bits per heavy atom. The molecule has 0 radical (unpaired) electrons. The van der Waals surface area contributed by atoms with Crippen LogP contribution in [0.1, 0.15) is 17.7 Å². The predicted molar refractivity (Wildman–Crippen MR) is 68.8 cm³/mol. The lowest BCUT2D eigenvalue weighted by molar-refractivity contribution is 0.0268. The molecule has 1 aliphatic heterocycles. The molecule has 0 saturated carbocycles. The fourth-order valence-electron chi connectivity index (χ4n) is 1.95. The third kappa shape index (κ3) is 3.63. The molecule has 0 bridgehead atoms. The van der Waals surface area contributed by atoms with Crippen molar-refractivity contribution in [1.82, 2.24) is 10.3 Å². The van der Waals surface area contributed by atoms with Crippen LogP contribution >= 0.6 is 0 Å². The molecule has 0 spiro atoms. The summed E-state index contributed by atoms with van der Waals surface area (Å²) in [6.45, 7) is 2.00. The Kier molecular flexibility index (Phi) is 4.31. The van der Waals surface area contributed by atoms with Crippen molar-refractivity contribution in [2.45, 2.75) is 18.6 Å². The number of nitrogens with zero attached hydrogens (tertiary/aromatic N) is 2. The molecule has 1 fully saturated rings. The Bertz CT molecular complexity index is 458. The van der Waals surface area contributed by atoms with E-state index in [0.717, 1.165) is 5.56 Å². The van der Waals surface area contributed by atoms with Gasteiger partial charge in [0, 0.05) is 32.3 Å². The third-order valence-electron chi connectivity index (χ3n) is 3.06. The van der Waals surface area contributed by atoms with Crippen molar-refractivity contribution in [3.05, 3.63) is 29.6 Å². The second-order valence-corrected chi connectivity index (χ2v) is 4.67. The average Bonchev–Trinajstić information content (AvgIpc) is 2.85. The number of nitrogens with two attached hydrogens (primary N) is 1. The standard InChI is InChI=1S/C12H18N4O3/c13-11(16-18)10-5-9(1-3-15-10)6-14-7-12(17)2-4-19-8-12/h1,3,5,14,17-18H,2,4,6-8H2,(H2,13,16). The first-order valence-electron chi connectivity index (χ1n) is 6.07. The Morgan fingerprint density at radius 3 is 3.16 bits per heavy atom. The maximum absolute atomic E-state index is 10.1. The van der Waals surface area contributed by atoms with Gasteiger partial charge in [0.05, 0.1) is 6.61 Å². The summed E-state index contributed by atoms with van der Waals surface area (Å²) in [6.07, 6.45) is 2.24. The molecule has 104 valence electrons. The van der Waals surface area contributed by atoms with E-state index >= 15 is 0 Å². The van der Waals surface area contributed by atoms with Gasteiger partial charge in [-0.2, -0.15) is 0 Å². The van der Waals surface area contributed by atoms with Crippen LogP contribution in [0, 0.1) is 0 Å². The van der Waals surface area contributed by atoms with Crippen LogP contribution in [-0.2, 0) is 11.3 Å². The van der Waals surface area contributed by atoms with Crippen LogP contribution in [-0.4, -0.2) is 46.5 Å². The summed E-state index contributed by atoms with van der Waals surface area (Å²) in [6, 6.07) is 3.56. The van der Waals surface area contributed by atoms with Gasteiger partial charge in [0.15, 0.2) is 5.84 Å². The van der Waals surface area contributed by atoms with E-state index in [9.17, 15) is 5.11 Å². The number of oxime groups is 1. The maximum atomic E-state index is 10.1. The van der Waals surface area contributed by atoms with Crippen LogP contribution < -0.4 is 11.1 Å². The Balaban J connectivity index is 1.89. The normalized spacial score (nSPS) is 23.7. The number of ether oxygens (including phenoxy) is 1. The number of hydrogen-bond donors (Lipinski definition) is 4. The molecule has 1 saturated heterocycles. The average molecular weight is 266 g/mol. The number of aliphatic hydroxyl groups is 1. The smallest absolute Gasteiger partial charge is 0.188 e. The van der Waals surface area contributed by atoms with Crippen LogP contribution in [0.15, 0.2) is 23.5 Å². The summed E-state index contributed by atoms with van der Waals surface area (Å²) in [5.41, 5.74) is 6.06. The van der Waals surface area contributed by atoms with Gasteiger partial charge in [-0.15, -0.1) is 0 Å². The fourth-order valence-corrected chi connectivity index (χ4v) is 1.95. The Labute approximate surface area is 111 Å². The number of hydrogen-bond acceptors (Lipinski definition) is 6. The van der Waals surface area contributed by atoms with Crippen LogP contribution in [0.3, 0.4) is 0 Å². The highest BCUT2D eigenvalue weighted by molar-refractivity contribution is 5.95. The molecule has 0 aliphatic carbocycles.